The molecule has 3 rings (SSSR count). The molecule has 1 atom stereocenters. The number of aliphatic imine (C=N–C) groups is 1. The molecule has 8 heteroatoms. The number of anilines is 1. The number of ether oxygens (including phenoxy) is 1. The lowest BCUT2D eigenvalue weighted by atomic mass is 9.96. The summed E-state index contributed by atoms with van der Waals surface area (Å²) < 4.78 is 5.45. The Kier molecular flexibility index (Phi) is 8.10. The molecule has 2 fully saturated rings. The van der Waals surface area contributed by atoms with Crippen LogP contribution in [0, 0.1) is 11.8 Å². The van der Waals surface area contributed by atoms with Crippen LogP contribution in [0.3, 0.4) is 0 Å². The van der Waals surface area contributed by atoms with Crippen LogP contribution < -0.4 is 15.5 Å². The highest BCUT2D eigenvalue weighted by Crippen LogP contribution is 2.22. The van der Waals surface area contributed by atoms with Crippen molar-refractivity contribution in [3.8, 4) is 0 Å². The maximum Gasteiger partial charge on any atom is 0.243 e. The fourth-order valence-corrected chi connectivity index (χ4v) is 3.64. The molecule has 3 heterocycles. The van der Waals surface area contributed by atoms with Gasteiger partial charge >= 0.3 is 0 Å². The van der Waals surface area contributed by atoms with Gasteiger partial charge in [0.1, 0.15) is 6.54 Å². The standard InChI is InChI=1S/C21H34N6O2/c1-26(2)20(28)15-25-21(24-14-18-7-12-29-16-18)23-13-17-5-10-27(11-6-17)19-3-8-22-9-4-19/h3-4,8-9,17-18H,5-7,10-16H2,1-2H3,(H2,23,24,25). The monoisotopic (exact) mass is 402 g/mol. The number of carbonyl (C=O) groups excluding carboxylic acids is 1. The number of rotatable bonds is 7. The molecule has 2 saturated heterocycles. The van der Waals surface area contributed by atoms with Crippen LogP contribution in [0.5, 0.6) is 0 Å². The zero-order valence-corrected chi connectivity index (χ0v) is 17.6. The van der Waals surface area contributed by atoms with Crippen LogP contribution in [0.15, 0.2) is 29.5 Å². The Morgan fingerprint density at radius 2 is 1.86 bits per heavy atom. The van der Waals surface area contributed by atoms with Gasteiger partial charge in [0.15, 0.2) is 5.96 Å². The van der Waals surface area contributed by atoms with Crippen molar-refractivity contribution < 1.29 is 9.53 Å². The summed E-state index contributed by atoms with van der Waals surface area (Å²) in [5.41, 5.74) is 1.25. The molecule has 1 amide bonds. The SMILES string of the molecule is CN(C)C(=O)CN=C(NCC1CCN(c2ccncc2)CC1)NCC1CCOC1. The van der Waals surface area contributed by atoms with E-state index in [1.165, 1.54) is 5.69 Å². The van der Waals surface area contributed by atoms with Gasteiger partial charge in [-0.1, -0.05) is 0 Å². The van der Waals surface area contributed by atoms with E-state index < -0.39 is 0 Å². The molecule has 8 nitrogen and oxygen atoms in total. The van der Waals surface area contributed by atoms with Gasteiger partial charge in [-0.05, 0) is 37.3 Å². The van der Waals surface area contributed by atoms with Crippen LogP contribution in [0.25, 0.3) is 0 Å². The minimum atomic E-state index is 0.000888. The van der Waals surface area contributed by atoms with Gasteiger partial charge in [-0.2, -0.15) is 0 Å². The van der Waals surface area contributed by atoms with Crippen molar-refractivity contribution in [2.75, 3.05) is 64.9 Å². The first-order valence-electron chi connectivity index (χ1n) is 10.6. The summed E-state index contributed by atoms with van der Waals surface area (Å²) in [6.07, 6.45) is 7.04. The molecule has 0 radical (unpaired) electrons. The second kappa shape index (κ2) is 11.0. The number of amides is 1. The average Bonchev–Trinajstić information content (AvgIpc) is 3.27. The summed E-state index contributed by atoms with van der Waals surface area (Å²) in [7, 11) is 3.51. The molecule has 0 aliphatic carbocycles. The Morgan fingerprint density at radius 1 is 1.17 bits per heavy atom. The summed E-state index contributed by atoms with van der Waals surface area (Å²) in [6.45, 7) is 5.58. The zero-order chi connectivity index (χ0) is 20.5. The fraction of sp³-hybridized carbons (Fsp3) is 0.667. The van der Waals surface area contributed by atoms with Gasteiger partial charge in [0.25, 0.3) is 0 Å². The number of pyridine rings is 1. The number of likely N-dealkylation sites (N-methyl/N-ethyl adjacent to an activating group) is 1. The lowest BCUT2D eigenvalue weighted by molar-refractivity contribution is -0.127. The summed E-state index contributed by atoms with van der Waals surface area (Å²) in [5.74, 6) is 1.83. The van der Waals surface area contributed by atoms with E-state index in [0.717, 1.165) is 64.6 Å². The second-order valence-corrected chi connectivity index (χ2v) is 8.08. The van der Waals surface area contributed by atoms with Gasteiger partial charge in [0.05, 0.1) is 6.61 Å². The third-order valence-corrected chi connectivity index (χ3v) is 5.65. The second-order valence-electron chi connectivity index (χ2n) is 8.08. The van der Waals surface area contributed by atoms with E-state index >= 15 is 0 Å². The van der Waals surface area contributed by atoms with Crippen molar-refractivity contribution >= 4 is 17.6 Å². The first kappa shape index (κ1) is 21.4. The van der Waals surface area contributed by atoms with E-state index in [-0.39, 0.29) is 12.5 Å². The van der Waals surface area contributed by atoms with E-state index in [2.05, 4.69) is 37.6 Å². The van der Waals surface area contributed by atoms with E-state index in [4.69, 9.17) is 4.74 Å². The van der Waals surface area contributed by atoms with Crippen molar-refractivity contribution in [3.63, 3.8) is 0 Å². The highest BCUT2D eigenvalue weighted by atomic mass is 16.5. The molecule has 1 aromatic heterocycles. The quantitative estimate of drug-likeness (QED) is 0.522. The Bertz CT molecular complexity index is 652. The third-order valence-electron chi connectivity index (χ3n) is 5.65. The molecule has 0 spiro atoms. The Balaban J connectivity index is 1.46. The number of hydrogen-bond donors (Lipinski definition) is 2. The van der Waals surface area contributed by atoms with E-state index in [1.54, 1.807) is 19.0 Å². The molecular weight excluding hydrogens is 368 g/mol. The third kappa shape index (κ3) is 6.88. The highest BCUT2D eigenvalue weighted by molar-refractivity contribution is 5.84. The van der Waals surface area contributed by atoms with Gasteiger partial charge in [-0.15, -0.1) is 0 Å². The molecule has 0 bridgehead atoms. The summed E-state index contributed by atoms with van der Waals surface area (Å²) in [5, 5.41) is 6.86. The zero-order valence-electron chi connectivity index (χ0n) is 17.6. The normalized spacial score (nSPS) is 20.6. The van der Waals surface area contributed by atoms with Crippen LogP contribution in [0.2, 0.25) is 0 Å². The summed E-state index contributed by atoms with van der Waals surface area (Å²) in [4.78, 5) is 24.5. The van der Waals surface area contributed by atoms with Crippen molar-refractivity contribution in [2.45, 2.75) is 19.3 Å². The van der Waals surface area contributed by atoms with Crippen LogP contribution in [-0.4, -0.2) is 81.8 Å². The Hall–Kier alpha value is -2.35. The predicted molar refractivity (Wildman–Crippen MR) is 115 cm³/mol. The number of nitrogens with zero attached hydrogens (tertiary/aromatic N) is 4. The lowest BCUT2D eigenvalue weighted by Gasteiger charge is -2.33. The van der Waals surface area contributed by atoms with Crippen LogP contribution in [-0.2, 0) is 9.53 Å². The topological polar surface area (TPSA) is 82.1 Å². The molecule has 0 saturated carbocycles. The largest absolute Gasteiger partial charge is 0.381 e. The number of guanidine groups is 1. The van der Waals surface area contributed by atoms with Gasteiger partial charge in [0, 0.05) is 70.9 Å². The van der Waals surface area contributed by atoms with Crippen molar-refractivity contribution in [1.82, 2.24) is 20.5 Å². The molecule has 2 N–H and O–H groups in total. The molecule has 1 aromatic rings. The molecule has 2 aliphatic rings. The van der Waals surface area contributed by atoms with Gasteiger partial charge in [0.2, 0.25) is 5.91 Å². The van der Waals surface area contributed by atoms with E-state index in [0.29, 0.717) is 11.8 Å². The first-order valence-corrected chi connectivity index (χ1v) is 10.6. The highest BCUT2D eigenvalue weighted by Gasteiger charge is 2.20. The van der Waals surface area contributed by atoms with Crippen molar-refractivity contribution in [2.24, 2.45) is 16.8 Å². The number of aromatic nitrogens is 1. The Labute approximate surface area is 173 Å². The van der Waals surface area contributed by atoms with Gasteiger partial charge < -0.3 is 25.2 Å². The van der Waals surface area contributed by atoms with E-state index in [9.17, 15) is 4.79 Å². The maximum absolute atomic E-state index is 11.9. The van der Waals surface area contributed by atoms with Crippen molar-refractivity contribution in [3.05, 3.63) is 24.5 Å². The van der Waals surface area contributed by atoms with Crippen LogP contribution in [0.4, 0.5) is 5.69 Å². The van der Waals surface area contributed by atoms with Gasteiger partial charge in [-0.25, -0.2) is 4.99 Å². The molecule has 0 aromatic carbocycles. The molecule has 1 unspecified atom stereocenters. The summed E-state index contributed by atoms with van der Waals surface area (Å²) >= 11 is 0. The average molecular weight is 403 g/mol. The fourth-order valence-electron chi connectivity index (χ4n) is 3.64. The number of piperidine rings is 1. The number of carbonyl (C=O) groups is 1. The van der Waals surface area contributed by atoms with Crippen LogP contribution in [0.1, 0.15) is 19.3 Å². The number of hydrogen-bond acceptors (Lipinski definition) is 5. The molecule has 29 heavy (non-hydrogen) atoms. The van der Waals surface area contributed by atoms with Crippen molar-refractivity contribution in [1.29, 1.82) is 0 Å². The molecule has 160 valence electrons. The van der Waals surface area contributed by atoms with Crippen LogP contribution >= 0.6 is 0 Å². The Morgan fingerprint density at radius 3 is 2.48 bits per heavy atom. The van der Waals surface area contributed by atoms with Gasteiger partial charge in [-0.3, -0.25) is 9.78 Å². The summed E-state index contributed by atoms with van der Waals surface area (Å²) in [6, 6.07) is 4.14. The smallest absolute Gasteiger partial charge is 0.243 e. The minimum absolute atomic E-state index is 0.000888. The molecular formula is C21H34N6O2. The van der Waals surface area contributed by atoms with E-state index in [1.807, 2.05) is 12.4 Å². The number of nitrogens with one attached hydrogen (secondary N) is 2. The lowest BCUT2D eigenvalue weighted by Crippen LogP contribution is -2.44. The first-order chi connectivity index (χ1) is 14.1. The minimum Gasteiger partial charge on any atom is -0.381 e. The predicted octanol–water partition coefficient (Wildman–Crippen LogP) is 0.958. The maximum atomic E-state index is 11.9. The molecule has 2 aliphatic heterocycles.